The maximum atomic E-state index is 2.28. The Morgan fingerprint density at radius 1 is 0.181 bits per heavy atom. The van der Waals surface area contributed by atoms with Gasteiger partial charge in [-0.15, -0.1) is 0 Å². The lowest BCUT2D eigenvalue weighted by Gasteiger charge is -2.10. The predicted octanol–water partition coefficient (Wildman–Crippen LogP) is 22.8. The van der Waals surface area contributed by atoms with Gasteiger partial charge in [-0.1, -0.05) is 359 Å². The molecule has 0 atom stereocenters. The van der Waals surface area contributed by atoms with E-state index in [1.165, 1.54) is 111 Å². The van der Waals surface area contributed by atoms with Crippen LogP contribution in [0, 0.1) is 0 Å². The molecule has 12 aromatic rings. The van der Waals surface area contributed by atoms with Gasteiger partial charge in [-0.05, 0) is 137 Å². The Morgan fingerprint density at radius 3 is 0.482 bits per heavy atom. The van der Waals surface area contributed by atoms with Gasteiger partial charge in [0.25, 0.3) is 0 Å². The second-order valence-electron chi connectivity index (χ2n) is 19.8. The Kier molecular flexibility index (Phi) is 20.5. The van der Waals surface area contributed by atoms with E-state index in [0.717, 1.165) is 0 Å². The summed E-state index contributed by atoms with van der Waals surface area (Å²) in [6.45, 7) is 4.16. The van der Waals surface area contributed by atoms with Gasteiger partial charge in [0.2, 0.25) is 0 Å². The van der Waals surface area contributed by atoms with Crippen LogP contribution in [0.3, 0.4) is 0 Å². The lowest BCUT2D eigenvalue weighted by Crippen LogP contribution is -1.88. The van der Waals surface area contributed by atoms with Crippen LogP contribution < -0.4 is 0 Å². The van der Waals surface area contributed by atoms with Gasteiger partial charge in [0.1, 0.15) is 0 Å². The third-order valence-corrected chi connectivity index (χ3v) is 14.5. The average Bonchev–Trinajstić information content (AvgIpc) is 3.62. The van der Waals surface area contributed by atoms with Crippen molar-refractivity contribution in [2.45, 2.75) is 21.3 Å². The quantitative estimate of drug-likeness (QED) is 0.101. The molecule has 0 fully saturated rings. The minimum atomic E-state index is 0. The van der Waals surface area contributed by atoms with Crippen molar-refractivity contribution in [3.05, 3.63) is 408 Å². The minimum Gasteiger partial charge on any atom is -0.0792 e. The summed E-state index contributed by atoms with van der Waals surface area (Å²) < 4.78 is 0. The van der Waals surface area contributed by atoms with Crippen molar-refractivity contribution >= 4 is 34.4 Å². The molecule has 0 N–H and O–H groups in total. The Morgan fingerprint density at radius 2 is 0.325 bits per heavy atom. The van der Waals surface area contributed by atoms with E-state index in [1.807, 2.05) is 24.3 Å². The van der Waals surface area contributed by atoms with Gasteiger partial charge in [-0.25, -0.2) is 0 Å². The van der Waals surface area contributed by atoms with E-state index in [1.54, 1.807) is 0 Å². The molecule has 0 amide bonds. The number of hydrogen-bond acceptors (Lipinski definition) is 0. The highest BCUT2D eigenvalue weighted by atomic mass is 14.1. The number of hydrogen-bond donors (Lipinski definition) is 0. The maximum absolute atomic E-state index is 2.28. The molecule has 0 saturated heterocycles. The monoisotopic (exact) mass is 1070 g/mol. The number of rotatable bonds is 13. The maximum Gasteiger partial charge on any atom is -0.0105 e. The summed E-state index contributed by atoms with van der Waals surface area (Å²) >= 11 is 0. The zero-order chi connectivity index (χ0) is 56.0. The molecular formula is C83H70. The fourth-order valence-electron chi connectivity index (χ4n) is 10.2. The Hall–Kier alpha value is -10.4. The molecule has 0 aromatic heterocycles. The van der Waals surface area contributed by atoms with Gasteiger partial charge in [0.05, 0.1) is 0 Å². The lowest BCUT2D eigenvalue weighted by molar-refractivity contribution is 1.53. The highest BCUT2D eigenvalue weighted by molar-refractivity contribution is 5.93. The van der Waals surface area contributed by atoms with Crippen LogP contribution in [0.2, 0.25) is 0 Å². The first-order valence-electron chi connectivity index (χ1n) is 28.2. The molecular weight excluding hydrogens is 997 g/mol. The molecule has 0 radical (unpaired) electrons. The molecule has 0 spiro atoms. The van der Waals surface area contributed by atoms with E-state index < -0.39 is 0 Å². The Balaban J connectivity index is 0.000000216. The van der Waals surface area contributed by atoms with Gasteiger partial charge in [-0.2, -0.15) is 0 Å². The molecule has 12 aromatic carbocycles. The molecule has 0 bridgehead atoms. The topological polar surface area (TPSA) is 0 Å². The third-order valence-electron chi connectivity index (χ3n) is 14.5. The van der Waals surface area contributed by atoms with Gasteiger partial charge < -0.3 is 0 Å². The molecule has 12 rings (SSSR count). The van der Waals surface area contributed by atoms with Crippen LogP contribution in [0.25, 0.3) is 67.8 Å². The van der Waals surface area contributed by atoms with Crippen LogP contribution in [0.5, 0.6) is 0 Å². The van der Waals surface area contributed by atoms with E-state index >= 15 is 0 Å². The summed E-state index contributed by atoms with van der Waals surface area (Å²) in [5.41, 5.74) is 24.5. The molecule has 0 aliphatic carbocycles. The zero-order valence-corrected chi connectivity index (χ0v) is 46.6. The molecule has 0 unspecified atom stereocenters. The van der Waals surface area contributed by atoms with Crippen LogP contribution in [0.15, 0.2) is 352 Å². The Bertz CT molecular complexity index is 3520. The molecule has 0 saturated carbocycles. The first-order valence-corrected chi connectivity index (χ1v) is 28.2. The Labute approximate surface area is 493 Å². The highest BCUT2D eigenvalue weighted by Gasteiger charge is 2.09. The normalized spacial score (nSPS) is 10.2. The summed E-state index contributed by atoms with van der Waals surface area (Å²) in [5.74, 6) is 0. The fourth-order valence-corrected chi connectivity index (χ4v) is 10.2. The summed E-state index contributed by atoms with van der Waals surface area (Å²) in [5, 5.41) is 0. The molecule has 0 aliphatic heterocycles. The van der Waals surface area contributed by atoms with Crippen molar-refractivity contribution in [1.82, 2.24) is 0 Å². The minimum absolute atomic E-state index is 0. The number of allylic oxidation sites excluding steroid dienone is 2. The highest BCUT2D eigenvalue weighted by Crippen LogP contribution is 2.32. The van der Waals surface area contributed by atoms with Crippen molar-refractivity contribution in [3.8, 4) is 33.4 Å². The SMILES string of the molecule is C.C(=C(c1ccccc1)c1ccccc1)c1ccc(-c2ccc(-c3ccc(-c4ccc(C=C(c5ccccc5)c5ccccc5)cc4)cc3)cc2)cc1.CC=C(c1ccccc1)c1ccccc1.CC=C(c1ccccc1)c1ccccc1. The standard InChI is InChI=1S/C52H38.2C15H14.CH4/c1-5-13-47(14-6-1)51(48-15-7-2-8-16-48)37-39-21-25-41(26-22-39)43-29-33-45(34-30-43)46-35-31-44(32-36-46)42-27-23-40(24-28-42)38-52(49-17-9-3-10-18-49)50-19-11-4-12-20-50;2*1-2-15(13-9-5-3-6-10-13)14-11-7-4-8-12-14;/h1-38H;2*2-12H,1H3;1H4. The first-order chi connectivity index (χ1) is 40.6. The second kappa shape index (κ2) is 29.7. The van der Waals surface area contributed by atoms with Crippen LogP contribution in [0.1, 0.15) is 76.9 Å². The molecule has 0 aliphatic rings. The summed E-state index contributed by atoms with van der Waals surface area (Å²) in [6.07, 6.45) is 8.87. The largest absolute Gasteiger partial charge is 0.0792 e. The van der Waals surface area contributed by atoms with Crippen molar-refractivity contribution in [2.75, 3.05) is 0 Å². The third kappa shape index (κ3) is 15.5. The van der Waals surface area contributed by atoms with Crippen LogP contribution in [-0.2, 0) is 0 Å². The van der Waals surface area contributed by atoms with E-state index in [0.29, 0.717) is 0 Å². The lowest BCUT2D eigenvalue weighted by atomic mass is 9.94. The van der Waals surface area contributed by atoms with Crippen molar-refractivity contribution < 1.29 is 0 Å². The smallest absolute Gasteiger partial charge is 0.0105 e. The van der Waals surface area contributed by atoms with Crippen LogP contribution in [0.4, 0.5) is 0 Å². The van der Waals surface area contributed by atoms with E-state index in [4.69, 9.17) is 0 Å². The van der Waals surface area contributed by atoms with E-state index in [9.17, 15) is 0 Å². The van der Waals surface area contributed by atoms with Gasteiger partial charge in [0.15, 0.2) is 0 Å². The van der Waals surface area contributed by atoms with Crippen molar-refractivity contribution in [1.29, 1.82) is 0 Å². The molecule has 0 heteroatoms. The van der Waals surface area contributed by atoms with Gasteiger partial charge in [0, 0.05) is 0 Å². The van der Waals surface area contributed by atoms with Crippen molar-refractivity contribution in [2.24, 2.45) is 0 Å². The fraction of sp³-hybridized carbons (Fsp3) is 0.0361. The number of benzene rings is 12. The van der Waals surface area contributed by atoms with E-state index in [2.05, 4.69) is 354 Å². The predicted molar refractivity (Wildman–Crippen MR) is 360 cm³/mol. The van der Waals surface area contributed by atoms with Crippen LogP contribution in [-0.4, -0.2) is 0 Å². The molecule has 402 valence electrons. The molecule has 0 heterocycles. The van der Waals surface area contributed by atoms with Gasteiger partial charge >= 0.3 is 0 Å². The first kappa shape index (κ1) is 57.3. The van der Waals surface area contributed by atoms with Crippen LogP contribution >= 0.6 is 0 Å². The average molecular weight is 1070 g/mol. The molecule has 83 heavy (non-hydrogen) atoms. The summed E-state index contributed by atoms with van der Waals surface area (Å²) in [7, 11) is 0. The van der Waals surface area contributed by atoms with Gasteiger partial charge in [-0.3, -0.25) is 0 Å². The zero-order valence-electron chi connectivity index (χ0n) is 46.6. The summed E-state index contributed by atoms with van der Waals surface area (Å²) in [6, 6.07) is 120. The molecule has 0 nitrogen and oxygen atoms in total. The second-order valence-corrected chi connectivity index (χ2v) is 19.8. The van der Waals surface area contributed by atoms with Crippen molar-refractivity contribution in [3.63, 3.8) is 0 Å². The van der Waals surface area contributed by atoms with E-state index in [-0.39, 0.29) is 7.43 Å². The summed E-state index contributed by atoms with van der Waals surface area (Å²) in [4.78, 5) is 0.